The fourth-order valence-corrected chi connectivity index (χ4v) is 3.73. The third-order valence-electron chi connectivity index (χ3n) is 5.39. The van der Waals surface area contributed by atoms with Crippen molar-refractivity contribution >= 4 is 22.7 Å². The Kier molecular flexibility index (Phi) is 4.47. The van der Waals surface area contributed by atoms with Crippen LogP contribution in [0.2, 0.25) is 0 Å². The number of hydrogen-bond acceptors (Lipinski definition) is 6. The molecule has 1 aliphatic rings. The maximum atomic E-state index is 12.7. The van der Waals surface area contributed by atoms with E-state index in [-0.39, 0.29) is 11.6 Å². The summed E-state index contributed by atoms with van der Waals surface area (Å²) in [6.45, 7) is 0. The highest BCUT2D eigenvalue weighted by Crippen LogP contribution is 2.44. The lowest BCUT2D eigenvalue weighted by molar-refractivity contribution is -0.384. The van der Waals surface area contributed by atoms with E-state index in [1.165, 1.54) is 19.2 Å². The Morgan fingerprint density at radius 2 is 1.90 bits per heavy atom. The van der Waals surface area contributed by atoms with Crippen molar-refractivity contribution in [2.24, 2.45) is 0 Å². The van der Waals surface area contributed by atoms with Gasteiger partial charge in [-0.1, -0.05) is 30.3 Å². The van der Waals surface area contributed by atoms with Gasteiger partial charge >= 0.3 is 5.97 Å². The Hall–Kier alpha value is -4.07. The van der Waals surface area contributed by atoms with E-state index in [2.05, 4.69) is 0 Å². The average Bonchev–Trinajstić information content (AvgIpc) is 3.58. The van der Waals surface area contributed by atoms with Gasteiger partial charge in [-0.15, -0.1) is 0 Å². The van der Waals surface area contributed by atoms with Crippen molar-refractivity contribution < 1.29 is 14.5 Å². The van der Waals surface area contributed by atoms with Gasteiger partial charge in [-0.3, -0.25) is 10.1 Å². The molecule has 1 saturated carbocycles. The van der Waals surface area contributed by atoms with Gasteiger partial charge < -0.3 is 4.74 Å². The first-order chi connectivity index (χ1) is 15.1. The number of para-hydroxylation sites is 1. The van der Waals surface area contributed by atoms with Gasteiger partial charge in [0.15, 0.2) is 5.65 Å². The molecule has 0 N–H and O–H groups in total. The molecule has 0 unspecified atom stereocenters. The third-order valence-corrected chi connectivity index (χ3v) is 5.39. The highest BCUT2D eigenvalue weighted by atomic mass is 16.6. The molecule has 0 atom stereocenters. The number of fused-ring (bicyclic) bond motifs is 1. The van der Waals surface area contributed by atoms with Crippen LogP contribution in [0.4, 0.5) is 5.69 Å². The molecular weight excluding hydrogens is 396 g/mol. The first kappa shape index (κ1) is 18.9. The molecule has 2 aromatic heterocycles. The van der Waals surface area contributed by atoms with Crippen LogP contribution in [0.15, 0.2) is 60.7 Å². The van der Waals surface area contributed by atoms with Gasteiger partial charge in [0.25, 0.3) is 5.69 Å². The quantitative estimate of drug-likeness (QED) is 0.267. The zero-order valence-corrected chi connectivity index (χ0v) is 16.7. The number of rotatable bonds is 5. The van der Waals surface area contributed by atoms with Gasteiger partial charge in [-0.25, -0.2) is 14.5 Å². The van der Waals surface area contributed by atoms with Gasteiger partial charge in [-0.05, 0) is 31.0 Å². The molecule has 0 aliphatic heterocycles. The molecule has 0 bridgehead atoms. The molecule has 2 aromatic carbocycles. The largest absolute Gasteiger partial charge is 0.465 e. The summed E-state index contributed by atoms with van der Waals surface area (Å²) in [5, 5.41) is 16.7. The number of non-ortho nitro benzene ring substituents is 1. The summed E-state index contributed by atoms with van der Waals surface area (Å²) in [6, 6.07) is 17.4. The van der Waals surface area contributed by atoms with Crippen molar-refractivity contribution in [1.29, 1.82) is 0 Å². The van der Waals surface area contributed by atoms with Gasteiger partial charge in [0, 0.05) is 23.6 Å². The lowest BCUT2D eigenvalue weighted by atomic mass is 10.0. The predicted octanol–water partition coefficient (Wildman–Crippen LogP) is 4.66. The van der Waals surface area contributed by atoms with Crippen molar-refractivity contribution in [2.75, 3.05) is 7.11 Å². The van der Waals surface area contributed by atoms with Crippen molar-refractivity contribution in [3.63, 3.8) is 0 Å². The first-order valence-electron chi connectivity index (χ1n) is 9.89. The summed E-state index contributed by atoms with van der Waals surface area (Å²) in [5.41, 5.74) is 3.46. The molecule has 8 heteroatoms. The smallest absolute Gasteiger partial charge is 0.338 e. The second-order valence-corrected chi connectivity index (χ2v) is 7.46. The Balaban J connectivity index is 1.82. The fraction of sp³-hybridized carbons (Fsp3) is 0.174. The molecule has 0 radical (unpaired) electrons. The summed E-state index contributed by atoms with van der Waals surface area (Å²) >= 11 is 0. The Labute approximate surface area is 177 Å². The zero-order chi connectivity index (χ0) is 21.5. The number of hydrogen-bond donors (Lipinski definition) is 0. The topological polar surface area (TPSA) is 100 Å². The SMILES string of the molecule is COC(=O)c1cc(-c2cccc([N+](=O)[O-])c2)nc2c1c(C1CC1)nn2-c1ccccc1. The molecule has 0 amide bonds. The summed E-state index contributed by atoms with van der Waals surface area (Å²) in [6.07, 6.45) is 2.02. The Morgan fingerprint density at radius 1 is 1.13 bits per heavy atom. The number of carbonyl (C=O) groups is 1. The molecule has 0 saturated heterocycles. The normalized spacial score (nSPS) is 13.3. The number of pyridine rings is 1. The zero-order valence-electron chi connectivity index (χ0n) is 16.7. The molecule has 31 heavy (non-hydrogen) atoms. The Morgan fingerprint density at radius 3 is 2.58 bits per heavy atom. The van der Waals surface area contributed by atoms with E-state index in [0.717, 1.165) is 24.2 Å². The molecule has 1 aliphatic carbocycles. The van der Waals surface area contributed by atoms with Crippen LogP contribution in [0.3, 0.4) is 0 Å². The molecule has 154 valence electrons. The lowest BCUT2D eigenvalue weighted by Gasteiger charge is -2.08. The van der Waals surface area contributed by atoms with Crippen LogP contribution in [0, 0.1) is 10.1 Å². The van der Waals surface area contributed by atoms with Crippen molar-refractivity contribution in [2.45, 2.75) is 18.8 Å². The molecule has 0 spiro atoms. The number of nitrogens with zero attached hydrogens (tertiary/aromatic N) is 4. The summed E-state index contributed by atoms with van der Waals surface area (Å²) in [4.78, 5) is 28.3. The third kappa shape index (κ3) is 3.31. The van der Waals surface area contributed by atoms with Crippen LogP contribution in [0.25, 0.3) is 28.0 Å². The minimum absolute atomic E-state index is 0.0470. The standard InChI is InChI=1S/C23H18N4O4/c1-31-23(28)18-13-19(15-6-5-9-17(12-15)27(29)30)24-22-20(18)21(14-10-11-14)25-26(22)16-7-3-2-4-8-16/h2-9,12-14H,10-11H2,1H3. The van der Waals surface area contributed by atoms with Crippen molar-refractivity contribution in [3.8, 4) is 16.9 Å². The average molecular weight is 414 g/mol. The second kappa shape index (κ2) is 7.32. The van der Waals surface area contributed by atoms with E-state index in [0.29, 0.717) is 27.9 Å². The van der Waals surface area contributed by atoms with Crippen LogP contribution in [-0.2, 0) is 4.74 Å². The molecule has 1 fully saturated rings. The summed E-state index contributed by atoms with van der Waals surface area (Å²) < 4.78 is 6.79. The number of benzene rings is 2. The maximum Gasteiger partial charge on any atom is 0.338 e. The minimum Gasteiger partial charge on any atom is -0.465 e. The number of methoxy groups -OCH3 is 1. The molecule has 2 heterocycles. The molecule has 5 rings (SSSR count). The fourth-order valence-electron chi connectivity index (χ4n) is 3.73. The maximum absolute atomic E-state index is 12.7. The molecule has 8 nitrogen and oxygen atoms in total. The molecular formula is C23H18N4O4. The highest BCUT2D eigenvalue weighted by Gasteiger charge is 2.33. The van der Waals surface area contributed by atoms with E-state index >= 15 is 0 Å². The van der Waals surface area contributed by atoms with E-state index in [1.807, 2.05) is 30.3 Å². The van der Waals surface area contributed by atoms with Crippen molar-refractivity contribution in [3.05, 3.63) is 82.0 Å². The summed E-state index contributed by atoms with van der Waals surface area (Å²) in [5.74, 6) is -0.213. The van der Waals surface area contributed by atoms with E-state index in [1.54, 1.807) is 22.9 Å². The first-order valence-corrected chi connectivity index (χ1v) is 9.89. The number of ether oxygens (including phenoxy) is 1. The lowest BCUT2D eigenvalue weighted by Crippen LogP contribution is -2.05. The van der Waals surface area contributed by atoms with Gasteiger partial charge in [0.1, 0.15) is 0 Å². The van der Waals surface area contributed by atoms with Gasteiger partial charge in [-0.2, -0.15) is 5.10 Å². The van der Waals surface area contributed by atoms with Crippen molar-refractivity contribution in [1.82, 2.24) is 14.8 Å². The van der Waals surface area contributed by atoms with Crippen LogP contribution in [0.1, 0.15) is 34.8 Å². The van der Waals surface area contributed by atoms with E-state index < -0.39 is 10.9 Å². The van der Waals surface area contributed by atoms with Crippen LogP contribution < -0.4 is 0 Å². The number of carbonyl (C=O) groups excluding carboxylic acids is 1. The van der Waals surface area contributed by atoms with Crippen LogP contribution in [-0.4, -0.2) is 32.8 Å². The molecule has 4 aromatic rings. The predicted molar refractivity (Wildman–Crippen MR) is 114 cm³/mol. The van der Waals surface area contributed by atoms with Crippen LogP contribution in [0.5, 0.6) is 0 Å². The number of nitro groups is 1. The van der Waals surface area contributed by atoms with Gasteiger partial charge in [0.05, 0.1) is 40.1 Å². The number of esters is 1. The van der Waals surface area contributed by atoms with Crippen LogP contribution >= 0.6 is 0 Å². The monoisotopic (exact) mass is 414 g/mol. The second-order valence-electron chi connectivity index (χ2n) is 7.46. The number of aromatic nitrogens is 3. The van der Waals surface area contributed by atoms with E-state index in [4.69, 9.17) is 14.8 Å². The summed E-state index contributed by atoms with van der Waals surface area (Å²) in [7, 11) is 1.33. The minimum atomic E-state index is -0.492. The highest BCUT2D eigenvalue weighted by molar-refractivity contribution is 6.05. The number of nitro benzene ring substituents is 1. The Bertz CT molecular complexity index is 1330. The van der Waals surface area contributed by atoms with E-state index in [9.17, 15) is 14.9 Å². The van der Waals surface area contributed by atoms with Gasteiger partial charge in [0.2, 0.25) is 0 Å².